The van der Waals surface area contributed by atoms with E-state index in [9.17, 15) is 0 Å². The zero-order valence-corrected chi connectivity index (χ0v) is 10.6. The van der Waals surface area contributed by atoms with Gasteiger partial charge in [-0.25, -0.2) is 0 Å². The number of likely N-dealkylation sites (N-methyl/N-ethyl adjacent to an activating group) is 1. The zero-order chi connectivity index (χ0) is 11.4. The zero-order valence-electron chi connectivity index (χ0n) is 10.6. The van der Waals surface area contributed by atoms with Crippen LogP contribution in [0.4, 0.5) is 0 Å². The SMILES string of the molecule is CC(C)CC(N)CN(C)C1CCOC1C. The lowest BCUT2D eigenvalue weighted by atomic mass is 10.0. The highest BCUT2D eigenvalue weighted by Gasteiger charge is 2.28. The molecule has 0 aromatic heterocycles. The van der Waals surface area contributed by atoms with Gasteiger partial charge in [0.1, 0.15) is 0 Å². The van der Waals surface area contributed by atoms with E-state index in [-0.39, 0.29) is 0 Å². The van der Waals surface area contributed by atoms with Crippen LogP contribution in [-0.4, -0.2) is 43.3 Å². The minimum absolute atomic E-state index is 0.294. The molecule has 0 aliphatic carbocycles. The number of hydrogen-bond donors (Lipinski definition) is 1. The molecule has 3 unspecified atom stereocenters. The van der Waals surface area contributed by atoms with Gasteiger partial charge in [-0.1, -0.05) is 13.8 Å². The first kappa shape index (κ1) is 12.9. The Bertz CT molecular complexity index is 184. The van der Waals surface area contributed by atoms with E-state index in [4.69, 9.17) is 10.5 Å². The van der Waals surface area contributed by atoms with E-state index in [1.807, 2.05) is 0 Å². The summed E-state index contributed by atoms with van der Waals surface area (Å²) in [6.45, 7) is 8.48. The monoisotopic (exact) mass is 214 g/mol. The minimum Gasteiger partial charge on any atom is -0.377 e. The summed E-state index contributed by atoms with van der Waals surface area (Å²) < 4.78 is 5.57. The molecule has 0 spiro atoms. The van der Waals surface area contributed by atoms with Gasteiger partial charge in [-0.2, -0.15) is 0 Å². The van der Waals surface area contributed by atoms with E-state index in [0.29, 0.717) is 24.1 Å². The van der Waals surface area contributed by atoms with Gasteiger partial charge < -0.3 is 10.5 Å². The van der Waals surface area contributed by atoms with Crippen LogP contribution in [0.2, 0.25) is 0 Å². The molecule has 1 aliphatic heterocycles. The molecule has 0 aromatic carbocycles. The average Bonchev–Trinajstić information content (AvgIpc) is 2.49. The smallest absolute Gasteiger partial charge is 0.0702 e. The molecule has 0 radical (unpaired) electrons. The van der Waals surface area contributed by atoms with Crippen molar-refractivity contribution in [2.24, 2.45) is 11.7 Å². The number of nitrogens with zero attached hydrogens (tertiary/aromatic N) is 1. The lowest BCUT2D eigenvalue weighted by molar-refractivity contribution is 0.0811. The number of rotatable bonds is 5. The Hall–Kier alpha value is -0.120. The number of hydrogen-bond acceptors (Lipinski definition) is 3. The molecule has 1 fully saturated rings. The van der Waals surface area contributed by atoms with Crippen molar-refractivity contribution in [3.63, 3.8) is 0 Å². The van der Waals surface area contributed by atoms with Crippen LogP contribution < -0.4 is 5.73 Å². The second-order valence-corrected chi connectivity index (χ2v) is 5.26. The fourth-order valence-corrected chi connectivity index (χ4v) is 2.48. The van der Waals surface area contributed by atoms with Crippen LogP contribution in [0, 0.1) is 5.92 Å². The Morgan fingerprint density at radius 2 is 2.13 bits per heavy atom. The summed E-state index contributed by atoms with van der Waals surface area (Å²) in [5.74, 6) is 0.686. The fraction of sp³-hybridized carbons (Fsp3) is 1.00. The Labute approximate surface area is 94.0 Å². The van der Waals surface area contributed by atoms with Crippen LogP contribution in [0.25, 0.3) is 0 Å². The third-order valence-electron chi connectivity index (χ3n) is 3.20. The first-order chi connectivity index (χ1) is 7.00. The highest BCUT2D eigenvalue weighted by atomic mass is 16.5. The summed E-state index contributed by atoms with van der Waals surface area (Å²) in [6.07, 6.45) is 2.61. The summed E-state index contributed by atoms with van der Waals surface area (Å²) in [6, 6.07) is 0.853. The van der Waals surface area contributed by atoms with Crippen LogP contribution in [0.3, 0.4) is 0 Å². The largest absolute Gasteiger partial charge is 0.377 e. The van der Waals surface area contributed by atoms with Crippen LogP contribution in [0.1, 0.15) is 33.6 Å². The van der Waals surface area contributed by atoms with Gasteiger partial charge in [0, 0.05) is 25.2 Å². The molecule has 1 heterocycles. The van der Waals surface area contributed by atoms with Crippen LogP contribution in [0.15, 0.2) is 0 Å². The van der Waals surface area contributed by atoms with E-state index in [1.54, 1.807) is 0 Å². The third-order valence-corrected chi connectivity index (χ3v) is 3.20. The van der Waals surface area contributed by atoms with Crippen molar-refractivity contribution in [3.05, 3.63) is 0 Å². The standard InChI is InChI=1S/C12H26N2O/c1-9(2)7-11(13)8-14(4)12-5-6-15-10(12)3/h9-12H,5-8,13H2,1-4H3. The molecule has 3 heteroatoms. The van der Waals surface area contributed by atoms with Gasteiger partial charge >= 0.3 is 0 Å². The van der Waals surface area contributed by atoms with Gasteiger partial charge in [-0.15, -0.1) is 0 Å². The normalized spacial score (nSPS) is 29.0. The molecule has 3 nitrogen and oxygen atoms in total. The molecule has 2 N–H and O–H groups in total. The summed E-state index contributed by atoms with van der Waals surface area (Å²) in [4.78, 5) is 2.37. The van der Waals surface area contributed by atoms with Gasteiger partial charge in [0.25, 0.3) is 0 Å². The minimum atomic E-state index is 0.294. The van der Waals surface area contributed by atoms with Gasteiger partial charge in [0.05, 0.1) is 6.10 Å². The molecule has 1 rings (SSSR count). The van der Waals surface area contributed by atoms with Crippen molar-refractivity contribution in [1.29, 1.82) is 0 Å². The van der Waals surface area contributed by atoms with Gasteiger partial charge in [-0.05, 0) is 32.7 Å². The molecule has 1 saturated heterocycles. The average molecular weight is 214 g/mol. The Balaban J connectivity index is 2.30. The molecule has 0 bridgehead atoms. The van der Waals surface area contributed by atoms with E-state index < -0.39 is 0 Å². The summed E-state index contributed by atoms with van der Waals surface area (Å²) >= 11 is 0. The predicted octanol–water partition coefficient (Wildman–Crippen LogP) is 1.47. The van der Waals surface area contributed by atoms with Crippen LogP contribution >= 0.6 is 0 Å². The predicted molar refractivity (Wildman–Crippen MR) is 63.9 cm³/mol. The Morgan fingerprint density at radius 3 is 2.60 bits per heavy atom. The highest BCUT2D eigenvalue weighted by Crippen LogP contribution is 2.18. The topological polar surface area (TPSA) is 38.5 Å². The summed E-state index contributed by atoms with van der Waals surface area (Å²) in [5, 5.41) is 0. The van der Waals surface area contributed by atoms with Crippen molar-refractivity contribution < 1.29 is 4.74 Å². The van der Waals surface area contributed by atoms with Crippen molar-refractivity contribution in [3.8, 4) is 0 Å². The quantitative estimate of drug-likeness (QED) is 0.753. The van der Waals surface area contributed by atoms with Crippen molar-refractivity contribution in [2.45, 2.75) is 51.8 Å². The lowest BCUT2D eigenvalue weighted by Gasteiger charge is -2.29. The lowest BCUT2D eigenvalue weighted by Crippen LogP contribution is -2.44. The molecule has 0 amide bonds. The fourth-order valence-electron chi connectivity index (χ4n) is 2.48. The second-order valence-electron chi connectivity index (χ2n) is 5.26. The molecular weight excluding hydrogens is 188 g/mol. The first-order valence-electron chi connectivity index (χ1n) is 6.08. The van der Waals surface area contributed by atoms with Crippen molar-refractivity contribution in [1.82, 2.24) is 4.90 Å². The maximum absolute atomic E-state index is 6.11. The van der Waals surface area contributed by atoms with Crippen molar-refractivity contribution >= 4 is 0 Å². The molecule has 90 valence electrons. The molecular formula is C12H26N2O. The summed E-state index contributed by atoms with van der Waals surface area (Å²) in [5.41, 5.74) is 6.11. The second kappa shape index (κ2) is 5.83. The van der Waals surface area contributed by atoms with E-state index in [0.717, 1.165) is 26.0 Å². The first-order valence-corrected chi connectivity index (χ1v) is 6.08. The molecule has 15 heavy (non-hydrogen) atoms. The molecule has 3 atom stereocenters. The Morgan fingerprint density at radius 1 is 1.47 bits per heavy atom. The third kappa shape index (κ3) is 4.09. The molecule has 1 aliphatic rings. The highest BCUT2D eigenvalue weighted by molar-refractivity contribution is 4.82. The molecule has 0 aromatic rings. The van der Waals surface area contributed by atoms with E-state index >= 15 is 0 Å². The van der Waals surface area contributed by atoms with Gasteiger partial charge in [0.2, 0.25) is 0 Å². The van der Waals surface area contributed by atoms with Gasteiger partial charge in [-0.3, -0.25) is 4.90 Å². The van der Waals surface area contributed by atoms with Crippen LogP contribution in [-0.2, 0) is 4.74 Å². The summed E-state index contributed by atoms with van der Waals surface area (Å²) in [7, 11) is 2.16. The van der Waals surface area contributed by atoms with E-state index in [2.05, 4.69) is 32.7 Å². The maximum atomic E-state index is 6.11. The van der Waals surface area contributed by atoms with Crippen molar-refractivity contribution in [2.75, 3.05) is 20.2 Å². The van der Waals surface area contributed by atoms with Crippen LogP contribution in [0.5, 0.6) is 0 Å². The molecule has 0 saturated carbocycles. The van der Waals surface area contributed by atoms with E-state index in [1.165, 1.54) is 0 Å². The number of ether oxygens (including phenoxy) is 1. The Kier molecular flexibility index (Phi) is 5.03. The van der Waals surface area contributed by atoms with Gasteiger partial charge in [0.15, 0.2) is 0 Å². The maximum Gasteiger partial charge on any atom is 0.0702 e. The number of nitrogens with two attached hydrogens (primary N) is 1.